The van der Waals surface area contributed by atoms with Gasteiger partial charge in [-0.05, 0) is 39.0 Å². The van der Waals surface area contributed by atoms with E-state index >= 15 is 0 Å². The van der Waals surface area contributed by atoms with Crippen LogP contribution in [0.2, 0.25) is 0 Å². The average molecular weight is 357 g/mol. The summed E-state index contributed by atoms with van der Waals surface area (Å²) in [5, 5.41) is 12.4. The zero-order valence-corrected chi connectivity index (χ0v) is 14.1. The number of nitrogens with zero attached hydrogens (tertiary/aromatic N) is 1. The van der Waals surface area contributed by atoms with Crippen LogP contribution in [0, 0.1) is 0 Å². The molecule has 1 aromatic carbocycles. The van der Waals surface area contributed by atoms with Crippen molar-refractivity contribution in [3.63, 3.8) is 0 Å². The number of amides is 2. The Balaban J connectivity index is 2.57. The minimum Gasteiger partial charge on any atom is -0.389 e. The van der Waals surface area contributed by atoms with Crippen molar-refractivity contribution in [1.82, 2.24) is 10.2 Å². The molecule has 0 radical (unpaired) electrons. The maximum Gasteiger partial charge on any atom is 0.251 e. The summed E-state index contributed by atoms with van der Waals surface area (Å²) >= 11 is 3.29. The van der Waals surface area contributed by atoms with Crippen LogP contribution in [0.25, 0.3) is 0 Å². The van der Waals surface area contributed by atoms with Gasteiger partial charge in [0.2, 0.25) is 5.91 Å². The molecule has 0 bridgehead atoms. The van der Waals surface area contributed by atoms with Crippen LogP contribution in [0.15, 0.2) is 28.7 Å². The lowest BCUT2D eigenvalue weighted by molar-refractivity contribution is -0.132. The van der Waals surface area contributed by atoms with Crippen molar-refractivity contribution in [1.29, 1.82) is 0 Å². The highest BCUT2D eigenvalue weighted by Crippen LogP contribution is 2.11. The first-order chi connectivity index (χ1) is 9.73. The van der Waals surface area contributed by atoms with E-state index in [1.165, 1.54) is 4.90 Å². The van der Waals surface area contributed by atoms with E-state index in [0.29, 0.717) is 12.1 Å². The summed E-state index contributed by atoms with van der Waals surface area (Å²) in [5.41, 5.74) is -0.470. The molecule has 0 saturated heterocycles. The van der Waals surface area contributed by atoms with E-state index in [9.17, 15) is 14.7 Å². The van der Waals surface area contributed by atoms with E-state index < -0.39 is 5.60 Å². The molecule has 6 heteroatoms. The Bertz CT molecular complexity index is 512. The van der Waals surface area contributed by atoms with Crippen molar-refractivity contribution < 1.29 is 14.7 Å². The topological polar surface area (TPSA) is 69.6 Å². The summed E-state index contributed by atoms with van der Waals surface area (Å²) in [6.45, 7) is 5.74. The largest absolute Gasteiger partial charge is 0.389 e. The standard InChI is InChI=1S/C15H21BrN2O3/c1-4-18(10-15(2,3)21)13(19)9-17-14(20)11-6-5-7-12(16)8-11/h5-8,21H,4,9-10H2,1-3H3,(H,17,20). The van der Waals surface area contributed by atoms with E-state index in [4.69, 9.17) is 0 Å². The number of aliphatic hydroxyl groups is 1. The lowest BCUT2D eigenvalue weighted by atomic mass is 10.1. The predicted octanol–water partition coefficient (Wildman–Crippen LogP) is 1.80. The third-order valence-electron chi connectivity index (χ3n) is 2.80. The summed E-state index contributed by atoms with van der Waals surface area (Å²) < 4.78 is 0.804. The monoisotopic (exact) mass is 356 g/mol. The van der Waals surface area contributed by atoms with Crippen molar-refractivity contribution in [2.45, 2.75) is 26.4 Å². The molecule has 21 heavy (non-hydrogen) atoms. The number of likely N-dealkylation sites (N-methyl/N-ethyl adjacent to an activating group) is 1. The highest BCUT2D eigenvalue weighted by Gasteiger charge is 2.21. The fraction of sp³-hybridized carbons (Fsp3) is 0.467. The SMILES string of the molecule is CCN(CC(C)(C)O)C(=O)CNC(=O)c1cccc(Br)c1. The fourth-order valence-corrected chi connectivity index (χ4v) is 2.24. The van der Waals surface area contributed by atoms with E-state index in [1.807, 2.05) is 13.0 Å². The second kappa shape index (κ2) is 7.56. The summed E-state index contributed by atoms with van der Waals surface area (Å²) in [7, 11) is 0. The first-order valence-corrected chi connectivity index (χ1v) is 7.56. The zero-order chi connectivity index (χ0) is 16.0. The van der Waals surface area contributed by atoms with Gasteiger partial charge >= 0.3 is 0 Å². The number of hydrogen-bond acceptors (Lipinski definition) is 3. The molecule has 1 aromatic rings. The van der Waals surface area contributed by atoms with Gasteiger partial charge < -0.3 is 15.3 Å². The number of carbonyl (C=O) groups is 2. The van der Waals surface area contributed by atoms with Crippen molar-refractivity contribution >= 4 is 27.7 Å². The third-order valence-corrected chi connectivity index (χ3v) is 3.29. The Morgan fingerprint density at radius 3 is 2.57 bits per heavy atom. The molecule has 0 heterocycles. The predicted molar refractivity (Wildman–Crippen MR) is 85.0 cm³/mol. The van der Waals surface area contributed by atoms with Gasteiger partial charge in [0.05, 0.1) is 12.1 Å². The molecule has 0 saturated carbocycles. The van der Waals surface area contributed by atoms with Gasteiger partial charge in [-0.3, -0.25) is 9.59 Å². The molecule has 2 N–H and O–H groups in total. The van der Waals surface area contributed by atoms with Crippen LogP contribution < -0.4 is 5.32 Å². The van der Waals surface area contributed by atoms with Crippen molar-refractivity contribution in [3.05, 3.63) is 34.3 Å². The van der Waals surface area contributed by atoms with E-state index in [2.05, 4.69) is 21.2 Å². The van der Waals surface area contributed by atoms with Gasteiger partial charge in [-0.1, -0.05) is 22.0 Å². The normalized spacial score (nSPS) is 11.1. The second-order valence-corrected chi connectivity index (χ2v) is 6.33. The molecule has 0 aliphatic rings. The number of benzene rings is 1. The Hall–Kier alpha value is -1.40. The number of hydrogen-bond donors (Lipinski definition) is 2. The van der Waals surface area contributed by atoms with Gasteiger partial charge in [0.1, 0.15) is 0 Å². The van der Waals surface area contributed by atoms with Crippen LogP contribution in [-0.2, 0) is 4.79 Å². The molecule has 5 nitrogen and oxygen atoms in total. The molecular weight excluding hydrogens is 336 g/mol. The fourth-order valence-electron chi connectivity index (χ4n) is 1.84. The molecule has 0 atom stereocenters. The van der Waals surface area contributed by atoms with Gasteiger partial charge in [-0.15, -0.1) is 0 Å². The van der Waals surface area contributed by atoms with Gasteiger partial charge in [-0.2, -0.15) is 0 Å². The summed E-state index contributed by atoms with van der Waals surface area (Å²) in [6, 6.07) is 6.95. The van der Waals surface area contributed by atoms with Crippen LogP contribution in [0.3, 0.4) is 0 Å². The van der Waals surface area contributed by atoms with Gasteiger partial charge in [0.15, 0.2) is 0 Å². The Kier molecular flexibility index (Phi) is 6.36. The van der Waals surface area contributed by atoms with Gasteiger partial charge in [-0.25, -0.2) is 0 Å². The maximum atomic E-state index is 12.0. The minimum absolute atomic E-state index is 0.0880. The molecular formula is C15H21BrN2O3. The number of rotatable bonds is 6. The molecule has 1 rings (SSSR count). The Morgan fingerprint density at radius 1 is 1.38 bits per heavy atom. The third kappa shape index (κ3) is 6.27. The van der Waals surface area contributed by atoms with Crippen molar-refractivity contribution in [2.24, 2.45) is 0 Å². The highest BCUT2D eigenvalue weighted by molar-refractivity contribution is 9.10. The highest BCUT2D eigenvalue weighted by atomic mass is 79.9. The molecule has 0 aromatic heterocycles. The van der Waals surface area contributed by atoms with Crippen LogP contribution in [-0.4, -0.2) is 47.1 Å². The van der Waals surface area contributed by atoms with Crippen LogP contribution >= 0.6 is 15.9 Å². The van der Waals surface area contributed by atoms with E-state index in [1.54, 1.807) is 32.0 Å². The van der Waals surface area contributed by atoms with Gasteiger partial charge in [0, 0.05) is 23.1 Å². The van der Waals surface area contributed by atoms with E-state index in [-0.39, 0.29) is 24.9 Å². The van der Waals surface area contributed by atoms with Crippen LogP contribution in [0.5, 0.6) is 0 Å². The second-order valence-electron chi connectivity index (χ2n) is 5.41. The van der Waals surface area contributed by atoms with E-state index in [0.717, 1.165) is 4.47 Å². The molecule has 0 fully saturated rings. The van der Waals surface area contributed by atoms with Gasteiger partial charge in [0.25, 0.3) is 5.91 Å². The number of halogens is 1. The summed E-state index contributed by atoms with van der Waals surface area (Å²) in [5.74, 6) is -0.521. The van der Waals surface area contributed by atoms with Crippen molar-refractivity contribution in [2.75, 3.05) is 19.6 Å². The van der Waals surface area contributed by atoms with Crippen LogP contribution in [0.1, 0.15) is 31.1 Å². The minimum atomic E-state index is -0.958. The first-order valence-electron chi connectivity index (χ1n) is 6.77. The first kappa shape index (κ1) is 17.7. The number of carbonyl (C=O) groups excluding carboxylic acids is 2. The van der Waals surface area contributed by atoms with Crippen LogP contribution in [0.4, 0.5) is 0 Å². The summed E-state index contributed by atoms with van der Waals surface area (Å²) in [4.78, 5) is 25.5. The molecule has 0 aliphatic heterocycles. The number of nitrogens with one attached hydrogen (secondary N) is 1. The molecule has 0 unspecified atom stereocenters. The summed E-state index contributed by atoms with van der Waals surface area (Å²) in [6.07, 6.45) is 0. The quantitative estimate of drug-likeness (QED) is 0.816. The maximum absolute atomic E-state index is 12.0. The average Bonchev–Trinajstić information content (AvgIpc) is 2.40. The smallest absolute Gasteiger partial charge is 0.251 e. The Labute approximate surface area is 133 Å². The lowest BCUT2D eigenvalue weighted by Gasteiger charge is -2.28. The Morgan fingerprint density at radius 2 is 2.05 bits per heavy atom. The molecule has 116 valence electrons. The molecule has 0 spiro atoms. The lowest BCUT2D eigenvalue weighted by Crippen LogP contribution is -2.46. The van der Waals surface area contributed by atoms with Crippen molar-refractivity contribution in [3.8, 4) is 0 Å². The molecule has 2 amide bonds. The zero-order valence-electron chi connectivity index (χ0n) is 12.5. The molecule has 0 aliphatic carbocycles.